The number of phenolic OH excluding ortho intramolecular Hbond substituents is 1. The quantitative estimate of drug-likeness (QED) is 0.540. The Balaban J connectivity index is 2.88. The van der Waals surface area contributed by atoms with Crippen molar-refractivity contribution in [3.8, 4) is 5.75 Å². The summed E-state index contributed by atoms with van der Waals surface area (Å²) in [5.74, 6) is 0.294. The molecule has 0 bridgehead atoms. The number of rotatable bonds is 6. The average molecular weight is 268 g/mol. The highest BCUT2D eigenvalue weighted by molar-refractivity contribution is 5.44. The predicted molar refractivity (Wildman–Crippen MR) is 71.8 cm³/mol. The average Bonchev–Trinajstić information content (AvgIpc) is 2.35. The molecule has 0 heterocycles. The zero-order chi connectivity index (χ0) is 14.6. The third-order valence-corrected chi connectivity index (χ3v) is 3.04. The first-order valence-electron chi connectivity index (χ1n) is 6.24. The molecule has 0 aliphatic rings. The van der Waals surface area contributed by atoms with Gasteiger partial charge in [-0.3, -0.25) is 10.1 Å². The topological polar surface area (TPSA) is 110 Å². The van der Waals surface area contributed by atoms with Gasteiger partial charge in [0.1, 0.15) is 5.75 Å². The van der Waals surface area contributed by atoms with E-state index < -0.39 is 17.1 Å². The molecule has 19 heavy (non-hydrogen) atoms. The molecule has 0 aliphatic heterocycles. The highest BCUT2D eigenvalue weighted by atomic mass is 16.6. The van der Waals surface area contributed by atoms with Gasteiger partial charge in [0.25, 0.3) is 5.69 Å². The molecule has 0 radical (unpaired) electrons. The molecule has 106 valence electrons. The molecule has 0 amide bonds. The number of nitrogens with zero attached hydrogens (tertiary/aromatic N) is 1. The van der Waals surface area contributed by atoms with E-state index in [0.717, 1.165) is 6.42 Å². The highest BCUT2D eigenvalue weighted by Gasteiger charge is 2.22. The molecule has 0 fully saturated rings. The molecule has 6 nitrogen and oxygen atoms in total. The summed E-state index contributed by atoms with van der Waals surface area (Å²) < 4.78 is 0. The monoisotopic (exact) mass is 268 g/mol. The number of phenols is 1. The largest absolute Gasteiger partial charge is 0.508 e. The van der Waals surface area contributed by atoms with Crippen LogP contribution >= 0.6 is 0 Å². The Kier molecular flexibility index (Phi) is 5.26. The number of nitro groups is 1. The number of aromatic hydroxyl groups is 1. The van der Waals surface area contributed by atoms with Gasteiger partial charge in [-0.2, -0.15) is 0 Å². The highest BCUT2D eigenvalue weighted by Crippen LogP contribution is 2.30. The molecule has 0 aliphatic carbocycles. The Hall–Kier alpha value is -1.66. The summed E-state index contributed by atoms with van der Waals surface area (Å²) in [5.41, 5.74) is 5.91. The number of non-ortho nitro benzene ring substituents is 1. The van der Waals surface area contributed by atoms with Crippen molar-refractivity contribution in [1.82, 2.24) is 0 Å². The van der Waals surface area contributed by atoms with Crippen molar-refractivity contribution in [3.63, 3.8) is 0 Å². The van der Waals surface area contributed by atoms with Crippen LogP contribution in [0.25, 0.3) is 0 Å². The second kappa shape index (κ2) is 6.49. The normalized spacial score (nSPS) is 14.4. The van der Waals surface area contributed by atoms with Gasteiger partial charge in [-0.1, -0.05) is 13.8 Å². The lowest BCUT2D eigenvalue weighted by atomic mass is 9.95. The smallest absolute Gasteiger partial charge is 0.270 e. The van der Waals surface area contributed by atoms with Crippen molar-refractivity contribution >= 4 is 5.69 Å². The number of nitro benzene ring substituents is 1. The van der Waals surface area contributed by atoms with Crippen LogP contribution in [0, 0.1) is 16.0 Å². The van der Waals surface area contributed by atoms with Gasteiger partial charge in [-0.15, -0.1) is 0 Å². The van der Waals surface area contributed by atoms with Gasteiger partial charge in [0.05, 0.1) is 17.1 Å². The number of benzene rings is 1. The van der Waals surface area contributed by atoms with Crippen LogP contribution in [0.15, 0.2) is 18.2 Å². The van der Waals surface area contributed by atoms with Crippen molar-refractivity contribution in [3.05, 3.63) is 33.9 Å². The molecule has 0 saturated carbocycles. The van der Waals surface area contributed by atoms with E-state index in [2.05, 4.69) is 0 Å². The Morgan fingerprint density at radius 3 is 2.53 bits per heavy atom. The third kappa shape index (κ3) is 4.18. The van der Waals surface area contributed by atoms with E-state index in [1.54, 1.807) is 0 Å². The van der Waals surface area contributed by atoms with Crippen molar-refractivity contribution in [1.29, 1.82) is 0 Å². The summed E-state index contributed by atoms with van der Waals surface area (Å²) in [6, 6.07) is 2.80. The minimum Gasteiger partial charge on any atom is -0.508 e. The maximum atomic E-state index is 10.7. The number of nitrogens with two attached hydrogens (primary N) is 1. The Bertz CT molecular complexity index is 448. The zero-order valence-corrected chi connectivity index (χ0v) is 11.1. The van der Waals surface area contributed by atoms with Gasteiger partial charge in [0, 0.05) is 17.7 Å². The molecule has 1 rings (SSSR count). The summed E-state index contributed by atoms with van der Waals surface area (Å²) >= 11 is 0. The third-order valence-electron chi connectivity index (χ3n) is 3.04. The number of hydrogen-bond donors (Lipinski definition) is 3. The van der Waals surface area contributed by atoms with E-state index in [1.165, 1.54) is 18.2 Å². The minimum atomic E-state index is -0.838. The lowest BCUT2D eigenvalue weighted by Gasteiger charge is -2.20. The first-order chi connectivity index (χ1) is 8.82. The zero-order valence-electron chi connectivity index (χ0n) is 11.1. The van der Waals surface area contributed by atoms with Crippen LogP contribution < -0.4 is 5.73 Å². The lowest BCUT2D eigenvalue weighted by Crippen LogP contribution is -2.26. The summed E-state index contributed by atoms with van der Waals surface area (Å²) in [4.78, 5) is 10.1. The maximum absolute atomic E-state index is 10.7. The number of aliphatic hydroxyl groups excluding tert-OH is 1. The fourth-order valence-corrected chi connectivity index (χ4v) is 1.81. The van der Waals surface area contributed by atoms with Gasteiger partial charge in [-0.25, -0.2) is 0 Å². The summed E-state index contributed by atoms with van der Waals surface area (Å²) in [6.07, 6.45) is 0.446. The summed E-state index contributed by atoms with van der Waals surface area (Å²) in [5, 5.41) is 30.4. The maximum Gasteiger partial charge on any atom is 0.270 e. The Morgan fingerprint density at radius 1 is 1.37 bits per heavy atom. The van der Waals surface area contributed by atoms with Crippen LogP contribution in [0.4, 0.5) is 5.69 Å². The fourth-order valence-electron chi connectivity index (χ4n) is 1.81. The van der Waals surface area contributed by atoms with Crippen LogP contribution in [-0.2, 0) is 0 Å². The van der Waals surface area contributed by atoms with Crippen molar-refractivity contribution in [2.24, 2.45) is 11.7 Å². The molecule has 4 N–H and O–H groups in total. The van der Waals surface area contributed by atoms with Gasteiger partial charge in [0.15, 0.2) is 0 Å². The minimum absolute atomic E-state index is 0.137. The van der Waals surface area contributed by atoms with E-state index in [-0.39, 0.29) is 17.0 Å². The van der Waals surface area contributed by atoms with E-state index in [1.807, 2.05) is 13.8 Å². The molecule has 0 saturated heterocycles. The second-order valence-electron chi connectivity index (χ2n) is 5.06. The predicted octanol–water partition coefficient (Wildman–Crippen LogP) is 2.10. The lowest BCUT2D eigenvalue weighted by molar-refractivity contribution is -0.385. The first kappa shape index (κ1) is 15.4. The SMILES string of the molecule is CC(C)CC[C@H](O)[C@H](N)c1cc([N+](=O)[O-])ccc1O. The first-order valence-corrected chi connectivity index (χ1v) is 6.24. The molecule has 1 aromatic rings. The molecule has 1 aromatic carbocycles. The van der Waals surface area contributed by atoms with E-state index in [0.29, 0.717) is 12.3 Å². The molecule has 0 aromatic heterocycles. The molecule has 6 heteroatoms. The number of aliphatic hydroxyl groups is 1. The second-order valence-corrected chi connectivity index (χ2v) is 5.06. The van der Waals surface area contributed by atoms with E-state index in [4.69, 9.17) is 5.73 Å². The van der Waals surface area contributed by atoms with Gasteiger partial charge in [-0.05, 0) is 24.8 Å². The molecule has 0 unspecified atom stereocenters. The van der Waals surface area contributed by atoms with Gasteiger partial charge < -0.3 is 15.9 Å². The summed E-state index contributed by atoms with van der Waals surface area (Å²) in [7, 11) is 0. The van der Waals surface area contributed by atoms with Crippen LogP contribution in [-0.4, -0.2) is 21.2 Å². The molecule has 0 spiro atoms. The van der Waals surface area contributed by atoms with Crippen LogP contribution in [0.3, 0.4) is 0 Å². The van der Waals surface area contributed by atoms with E-state index in [9.17, 15) is 20.3 Å². The van der Waals surface area contributed by atoms with Gasteiger partial charge >= 0.3 is 0 Å². The van der Waals surface area contributed by atoms with Crippen molar-refractivity contribution in [2.75, 3.05) is 0 Å². The van der Waals surface area contributed by atoms with Crippen LogP contribution in [0.2, 0.25) is 0 Å². The van der Waals surface area contributed by atoms with E-state index >= 15 is 0 Å². The molecular formula is C13H20N2O4. The Labute approximate surface area is 112 Å². The molecular weight excluding hydrogens is 248 g/mol. The Morgan fingerprint density at radius 2 is 2.00 bits per heavy atom. The van der Waals surface area contributed by atoms with Crippen LogP contribution in [0.1, 0.15) is 38.3 Å². The van der Waals surface area contributed by atoms with Crippen molar-refractivity contribution in [2.45, 2.75) is 38.8 Å². The van der Waals surface area contributed by atoms with Gasteiger partial charge in [0.2, 0.25) is 0 Å². The van der Waals surface area contributed by atoms with Crippen molar-refractivity contribution < 1.29 is 15.1 Å². The number of hydrogen-bond acceptors (Lipinski definition) is 5. The van der Waals surface area contributed by atoms with Crippen LogP contribution in [0.5, 0.6) is 5.75 Å². The molecule has 2 atom stereocenters. The fraction of sp³-hybridized carbons (Fsp3) is 0.538. The summed E-state index contributed by atoms with van der Waals surface area (Å²) in [6.45, 7) is 4.06. The standard InChI is InChI=1S/C13H20N2O4/c1-8(2)3-5-12(17)13(14)10-7-9(15(18)19)4-6-11(10)16/h4,6-8,12-13,16-17H,3,5,14H2,1-2H3/t12-,13+/m0/s1.